The molecule has 2 atom stereocenters. The van der Waals surface area contributed by atoms with Gasteiger partial charge in [-0.25, -0.2) is 8.42 Å². The summed E-state index contributed by atoms with van der Waals surface area (Å²) in [6.07, 6.45) is 1.62. The molecule has 2 unspecified atom stereocenters. The molecule has 0 N–H and O–H groups in total. The number of sulfonamides is 1. The normalized spacial score (nSPS) is 44.3. The Morgan fingerprint density at radius 2 is 2.07 bits per heavy atom. The molecule has 3 aliphatic rings. The fourth-order valence-corrected chi connectivity index (χ4v) is 5.52. The first-order valence-electron chi connectivity index (χ1n) is 5.18. The second-order valence-electron chi connectivity index (χ2n) is 5.43. The lowest BCUT2D eigenvalue weighted by Gasteiger charge is -2.32. The van der Waals surface area contributed by atoms with Crippen LogP contribution in [0.1, 0.15) is 26.7 Å². The molecular formula is C10H13NO3S. The first kappa shape index (κ1) is 9.51. The van der Waals surface area contributed by atoms with Gasteiger partial charge in [0.2, 0.25) is 0 Å². The van der Waals surface area contributed by atoms with Gasteiger partial charge in [-0.1, -0.05) is 13.8 Å². The second kappa shape index (κ2) is 2.19. The van der Waals surface area contributed by atoms with E-state index in [1.807, 2.05) is 13.8 Å². The summed E-state index contributed by atoms with van der Waals surface area (Å²) in [7, 11) is -3.39. The lowest BCUT2D eigenvalue weighted by Crippen LogP contribution is -2.37. The molecule has 82 valence electrons. The minimum Gasteiger partial charge on any atom is -0.292 e. The van der Waals surface area contributed by atoms with Crippen molar-refractivity contribution < 1.29 is 13.2 Å². The molecule has 2 bridgehead atoms. The van der Waals surface area contributed by atoms with Gasteiger partial charge in [0.1, 0.15) is 5.71 Å². The number of Topliss-reactive ketones (excluding diaryl/α,β-unsaturated/α-hetero) is 1. The third-order valence-corrected chi connectivity index (χ3v) is 5.95. The third-order valence-electron chi connectivity index (χ3n) is 4.63. The summed E-state index contributed by atoms with van der Waals surface area (Å²) in [6.45, 7) is 4.01. The zero-order valence-electron chi connectivity index (χ0n) is 8.78. The number of hydrogen-bond donors (Lipinski definition) is 0. The van der Waals surface area contributed by atoms with Crippen molar-refractivity contribution in [2.45, 2.75) is 26.7 Å². The first-order valence-corrected chi connectivity index (χ1v) is 6.78. The Labute approximate surface area is 88.8 Å². The van der Waals surface area contributed by atoms with Crippen LogP contribution in [0.25, 0.3) is 0 Å². The van der Waals surface area contributed by atoms with E-state index in [0.717, 1.165) is 12.8 Å². The highest BCUT2D eigenvalue weighted by Gasteiger charge is 2.70. The first-order chi connectivity index (χ1) is 6.80. The van der Waals surface area contributed by atoms with Crippen LogP contribution in [0.3, 0.4) is 0 Å². The maximum absolute atomic E-state index is 12.0. The molecule has 0 radical (unpaired) electrons. The van der Waals surface area contributed by atoms with E-state index in [1.54, 1.807) is 0 Å². The minimum absolute atomic E-state index is 0.00764. The molecule has 0 aromatic carbocycles. The van der Waals surface area contributed by atoms with Gasteiger partial charge in [-0.2, -0.15) is 4.40 Å². The SMILES string of the molecule is CC1(C)C2CCC13CS(=O)(=O)N=C3C2=O. The molecule has 0 aromatic heterocycles. The average molecular weight is 227 g/mol. The summed E-state index contributed by atoms with van der Waals surface area (Å²) in [5.41, 5.74) is -0.344. The van der Waals surface area contributed by atoms with Crippen LogP contribution in [0.15, 0.2) is 4.40 Å². The van der Waals surface area contributed by atoms with Crippen molar-refractivity contribution in [3.05, 3.63) is 0 Å². The monoisotopic (exact) mass is 227 g/mol. The number of hydrogen-bond acceptors (Lipinski definition) is 3. The molecule has 4 nitrogen and oxygen atoms in total. The van der Waals surface area contributed by atoms with Gasteiger partial charge in [-0.15, -0.1) is 0 Å². The van der Waals surface area contributed by atoms with Gasteiger partial charge in [0.05, 0.1) is 5.75 Å². The van der Waals surface area contributed by atoms with Crippen molar-refractivity contribution in [3.63, 3.8) is 0 Å². The van der Waals surface area contributed by atoms with Gasteiger partial charge in [-0.05, 0) is 18.3 Å². The van der Waals surface area contributed by atoms with Crippen LogP contribution in [0.2, 0.25) is 0 Å². The lowest BCUT2D eigenvalue weighted by atomic mass is 9.70. The molecule has 1 heterocycles. The third kappa shape index (κ3) is 0.826. The molecule has 1 aliphatic heterocycles. The van der Waals surface area contributed by atoms with Gasteiger partial charge in [0, 0.05) is 11.3 Å². The Bertz CT molecular complexity index is 503. The molecular weight excluding hydrogens is 214 g/mol. The maximum atomic E-state index is 12.0. The van der Waals surface area contributed by atoms with Crippen LogP contribution in [0.5, 0.6) is 0 Å². The fraction of sp³-hybridized carbons (Fsp3) is 0.800. The minimum atomic E-state index is -3.39. The van der Waals surface area contributed by atoms with Crippen LogP contribution >= 0.6 is 0 Å². The highest BCUT2D eigenvalue weighted by atomic mass is 32.2. The summed E-state index contributed by atoms with van der Waals surface area (Å²) in [5.74, 6) is 0.0176. The van der Waals surface area contributed by atoms with Crippen LogP contribution < -0.4 is 0 Å². The molecule has 0 amide bonds. The van der Waals surface area contributed by atoms with E-state index in [1.165, 1.54) is 0 Å². The van der Waals surface area contributed by atoms with Crippen molar-refractivity contribution in [2.75, 3.05) is 5.75 Å². The van der Waals surface area contributed by atoms with Crippen molar-refractivity contribution in [2.24, 2.45) is 21.1 Å². The van der Waals surface area contributed by atoms with E-state index in [9.17, 15) is 13.2 Å². The van der Waals surface area contributed by atoms with Crippen LogP contribution in [-0.2, 0) is 14.8 Å². The molecule has 2 fully saturated rings. The standard InChI is InChI=1S/C10H13NO3S/c1-9(2)6-3-4-10(9)5-15(13,14)11-8(10)7(6)12/h6H,3-5H2,1-2H3. The molecule has 3 rings (SSSR count). The van der Waals surface area contributed by atoms with E-state index in [4.69, 9.17) is 0 Å². The Hall–Kier alpha value is -0.710. The molecule has 0 aromatic rings. The number of carbonyl (C=O) groups is 1. The Kier molecular flexibility index (Phi) is 1.39. The fourth-order valence-electron chi connectivity index (χ4n) is 3.63. The molecule has 2 saturated carbocycles. The second-order valence-corrected chi connectivity index (χ2v) is 7.06. The van der Waals surface area contributed by atoms with E-state index in [0.29, 0.717) is 5.71 Å². The van der Waals surface area contributed by atoms with Crippen molar-refractivity contribution >= 4 is 21.5 Å². The van der Waals surface area contributed by atoms with Crippen molar-refractivity contribution in [1.82, 2.24) is 0 Å². The van der Waals surface area contributed by atoms with E-state index in [2.05, 4.69) is 4.40 Å². The number of ketones is 1. The van der Waals surface area contributed by atoms with Gasteiger partial charge in [0.25, 0.3) is 10.0 Å². The molecule has 0 saturated heterocycles. The topological polar surface area (TPSA) is 63.6 Å². The Balaban J connectivity index is 2.30. The predicted octanol–water partition coefficient (Wildman–Crippen LogP) is 0.776. The lowest BCUT2D eigenvalue weighted by molar-refractivity contribution is -0.117. The Morgan fingerprint density at radius 1 is 1.40 bits per heavy atom. The zero-order valence-corrected chi connectivity index (χ0v) is 9.60. The summed E-state index contributed by atoms with van der Waals surface area (Å²) in [5, 5.41) is 0. The smallest absolute Gasteiger partial charge is 0.254 e. The van der Waals surface area contributed by atoms with Gasteiger partial charge < -0.3 is 0 Å². The maximum Gasteiger partial charge on any atom is 0.254 e. The Morgan fingerprint density at radius 3 is 2.67 bits per heavy atom. The van der Waals surface area contributed by atoms with Crippen LogP contribution in [0, 0.1) is 16.7 Å². The highest BCUT2D eigenvalue weighted by Crippen LogP contribution is 2.65. The largest absolute Gasteiger partial charge is 0.292 e. The molecule has 15 heavy (non-hydrogen) atoms. The zero-order chi connectivity index (χ0) is 11.1. The summed E-state index contributed by atoms with van der Waals surface area (Å²) in [6, 6.07) is 0. The quantitative estimate of drug-likeness (QED) is 0.614. The average Bonchev–Trinajstić information content (AvgIpc) is 2.54. The highest BCUT2D eigenvalue weighted by molar-refractivity contribution is 7.90. The van der Waals surface area contributed by atoms with Crippen molar-refractivity contribution in [3.8, 4) is 0 Å². The summed E-state index contributed by atoms with van der Waals surface area (Å²) < 4.78 is 26.7. The number of rotatable bonds is 0. The van der Waals surface area contributed by atoms with Gasteiger partial charge >= 0.3 is 0 Å². The van der Waals surface area contributed by atoms with Crippen LogP contribution in [0.4, 0.5) is 0 Å². The van der Waals surface area contributed by atoms with Crippen LogP contribution in [-0.4, -0.2) is 25.7 Å². The van der Waals surface area contributed by atoms with E-state index in [-0.39, 0.29) is 22.9 Å². The molecule has 2 aliphatic carbocycles. The summed E-state index contributed by atoms with van der Waals surface area (Å²) in [4.78, 5) is 12.0. The summed E-state index contributed by atoms with van der Waals surface area (Å²) >= 11 is 0. The molecule has 5 heteroatoms. The predicted molar refractivity (Wildman–Crippen MR) is 55.2 cm³/mol. The number of nitrogens with zero attached hydrogens (tertiary/aromatic N) is 1. The van der Waals surface area contributed by atoms with E-state index < -0.39 is 15.4 Å². The van der Waals surface area contributed by atoms with E-state index >= 15 is 0 Å². The molecule has 1 spiro atoms. The van der Waals surface area contributed by atoms with Gasteiger partial charge in [-0.3, -0.25) is 4.79 Å². The number of carbonyl (C=O) groups excluding carboxylic acids is 1. The van der Waals surface area contributed by atoms with Gasteiger partial charge in [0.15, 0.2) is 5.78 Å². The van der Waals surface area contributed by atoms with Crippen molar-refractivity contribution in [1.29, 1.82) is 0 Å². The number of fused-ring (bicyclic) bond motifs is 1.